The van der Waals surface area contributed by atoms with Crippen LogP contribution in [0, 0.1) is 34.5 Å². The van der Waals surface area contributed by atoms with Crippen molar-refractivity contribution in [2.75, 3.05) is 0 Å². The Balaban J connectivity index is 1.40. The fourth-order valence-electron chi connectivity index (χ4n) is 9.43. The Hall–Kier alpha value is -2.25. The second kappa shape index (κ2) is 8.12. The molecule has 1 saturated heterocycles. The SMILES string of the molecule is CC(=O)O[C@H]1O[C@@](C)(C2CC(C)=C(C)C(=O)O2)[C@H]2CC[C@H]3[C@@H]4CC=C5[C@@H](O)C=CC(=O)[C@]5(C)[C@H]4CC[C@@]132. The molecule has 6 aliphatic rings. The van der Waals surface area contributed by atoms with Crippen molar-refractivity contribution in [1.82, 2.24) is 0 Å². The number of carbonyl (C=O) groups excluding carboxylic acids is 3. The summed E-state index contributed by atoms with van der Waals surface area (Å²) < 4.78 is 18.6. The second-order valence-electron chi connectivity index (χ2n) is 12.7. The highest BCUT2D eigenvalue weighted by atomic mass is 16.7. The molecule has 10 atom stereocenters. The van der Waals surface area contributed by atoms with Gasteiger partial charge in [0.15, 0.2) is 5.78 Å². The fraction of sp³-hybridized carbons (Fsp3) is 0.700. The maximum Gasteiger partial charge on any atom is 0.334 e. The molecule has 200 valence electrons. The summed E-state index contributed by atoms with van der Waals surface area (Å²) >= 11 is 0. The lowest BCUT2D eigenvalue weighted by molar-refractivity contribution is -0.231. The Morgan fingerprint density at radius 1 is 1.14 bits per heavy atom. The van der Waals surface area contributed by atoms with E-state index in [2.05, 4.69) is 6.08 Å². The Labute approximate surface area is 218 Å². The molecule has 2 aliphatic heterocycles. The van der Waals surface area contributed by atoms with Crippen LogP contribution in [-0.2, 0) is 28.6 Å². The lowest BCUT2D eigenvalue weighted by Gasteiger charge is -2.56. The van der Waals surface area contributed by atoms with E-state index in [0.717, 1.165) is 43.3 Å². The number of fused-ring (bicyclic) bond motifs is 4. The Morgan fingerprint density at radius 3 is 2.59 bits per heavy atom. The summed E-state index contributed by atoms with van der Waals surface area (Å²) in [5, 5.41) is 10.7. The standard InChI is InChI=1S/C30H38O7/c1-15-14-25(36-26(34)16(15)2)29(5)23-10-8-20-18-6-7-21-22(32)9-11-24(33)28(21,4)19(18)12-13-30(20,23)27(37-29)35-17(3)31/h7,9,11,18-20,22-23,25,27,32H,6,8,10,12-14H2,1-5H3/t18-,19+,20+,22+,23-,25?,27+,28-,29-,30-/m1/s1. The normalized spacial score (nSPS) is 48.5. The number of hydrogen-bond donors (Lipinski definition) is 1. The predicted molar refractivity (Wildman–Crippen MR) is 134 cm³/mol. The lowest BCUT2D eigenvalue weighted by Crippen LogP contribution is -2.56. The molecule has 0 amide bonds. The number of rotatable bonds is 2. The Kier molecular flexibility index (Phi) is 5.50. The molecule has 4 aliphatic carbocycles. The van der Waals surface area contributed by atoms with Crippen LogP contribution in [0.1, 0.15) is 73.1 Å². The zero-order chi connectivity index (χ0) is 26.5. The Bertz CT molecular complexity index is 1160. The molecule has 2 saturated carbocycles. The van der Waals surface area contributed by atoms with Gasteiger partial charge < -0.3 is 19.3 Å². The third-order valence-electron chi connectivity index (χ3n) is 11.3. The van der Waals surface area contributed by atoms with E-state index in [1.54, 1.807) is 19.1 Å². The molecule has 1 N–H and O–H groups in total. The monoisotopic (exact) mass is 510 g/mol. The van der Waals surface area contributed by atoms with Crippen LogP contribution in [0.4, 0.5) is 0 Å². The van der Waals surface area contributed by atoms with E-state index in [9.17, 15) is 19.5 Å². The van der Waals surface area contributed by atoms with Gasteiger partial charge in [-0.2, -0.15) is 0 Å². The van der Waals surface area contributed by atoms with Crippen molar-refractivity contribution in [3.05, 3.63) is 34.9 Å². The molecule has 1 spiro atoms. The van der Waals surface area contributed by atoms with E-state index in [0.29, 0.717) is 12.0 Å². The first-order chi connectivity index (χ1) is 17.4. The van der Waals surface area contributed by atoms with Gasteiger partial charge in [-0.3, -0.25) is 9.59 Å². The van der Waals surface area contributed by atoms with Crippen LogP contribution in [0.25, 0.3) is 0 Å². The molecule has 0 bridgehead atoms. The molecular formula is C30H38O7. The number of aliphatic hydroxyl groups excluding tert-OH is 1. The molecule has 37 heavy (non-hydrogen) atoms. The first-order valence-corrected chi connectivity index (χ1v) is 13.8. The number of cyclic esters (lactones) is 1. The van der Waals surface area contributed by atoms with Crippen molar-refractivity contribution in [2.45, 2.75) is 97.2 Å². The van der Waals surface area contributed by atoms with E-state index in [1.165, 1.54) is 6.92 Å². The summed E-state index contributed by atoms with van der Waals surface area (Å²) in [6.45, 7) is 9.23. The topological polar surface area (TPSA) is 99.1 Å². The second-order valence-corrected chi connectivity index (χ2v) is 12.7. The molecule has 0 radical (unpaired) electrons. The molecule has 7 nitrogen and oxygen atoms in total. The number of hydrogen-bond acceptors (Lipinski definition) is 7. The lowest BCUT2D eigenvalue weighted by atomic mass is 9.46. The van der Waals surface area contributed by atoms with Crippen LogP contribution in [0.5, 0.6) is 0 Å². The Morgan fingerprint density at radius 2 is 1.89 bits per heavy atom. The third kappa shape index (κ3) is 3.16. The van der Waals surface area contributed by atoms with Crippen molar-refractivity contribution in [3.63, 3.8) is 0 Å². The van der Waals surface area contributed by atoms with E-state index in [1.807, 2.05) is 20.8 Å². The minimum absolute atomic E-state index is 0.0602. The number of esters is 2. The first-order valence-electron chi connectivity index (χ1n) is 13.8. The molecular weight excluding hydrogens is 472 g/mol. The van der Waals surface area contributed by atoms with E-state index in [-0.39, 0.29) is 41.4 Å². The van der Waals surface area contributed by atoms with Crippen molar-refractivity contribution < 1.29 is 33.7 Å². The van der Waals surface area contributed by atoms with Crippen LogP contribution in [0.2, 0.25) is 0 Å². The van der Waals surface area contributed by atoms with Crippen molar-refractivity contribution in [1.29, 1.82) is 0 Å². The molecule has 3 fully saturated rings. The fourth-order valence-corrected chi connectivity index (χ4v) is 9.43. The maximum atomic E-state index is 13.3. The maximum absolute atomic E-state index is 13.3. The van der Waals surface area contributed by atoms with E-state index in [4.69, 9.17) is 14.2 Å². The van der Waals surface area contributed by atoms with Gasteiger partial charge in [-0.15, -0.1) is 0 Å². The van der Waals surface area contributed by atoms with Crippen molar-refractivity contribution in [3.8, 4) is 0 Å². The zero-order valence-electron chi connectivity index (χ0n) is 22.4. The van der Waals surface area contributed by atoms with Gasteiger partial charge in [-0.05, 0) is 95.3 Å². The van der Waals surface area contributed by atoms with Gasteiger partial charge in [0, 0.05) is 30.3 Å². The van der Waals surface area contributed by atoms with Gasteiger partial charge in [-0.1, -0.05) is 11.6 Å². The average molecular weight is 511 g/mol. The molecule has 0 aromatic heterocycles. The number of ether oxygens (including phenoxy) is 3. The summed E-state index contributed by atoms with van der Waals surface area (Å²) in [6.07, 6.45) is 8.15. The molecule has 7 heteroatoms. The molecule has 0 aromatic rings. The zero-order valence-corrected chi connectivity index (χ0v) is 22.4. The van der Waals surface area contributed by atoms with Crippen molar-refractivity contribution >= 4 is 17.7 Å². The molecule has 6 rings (SSSR count). The van der Waals surface area contributed by atoms with Crippen LogP contribution in [0.15, 0.2) is 34.9 Å². The average Bonchev–Trinajstić information content (AvgIpc) is 3.35. The highest BCUT2D eigenvalue weighted by Crippen LogP contribution is 2.72. The number of ketones is 1. The van der Waals surface area contributed by atoms with Crippen LogP contribution >= 0.6 is 0 Å². The smallest absolute Gasteiger partial charge is 0.334 e. The largest absolute Gasteiger partial charge is 0.456 e. The number of aliphatic hydroxyl groups is 1. The molecule has 2 heterocycles. The van der Waals surface area contributed by atoms with E-state index >= 15 is 0 Å². The summed E-state index contributed by atoms with van der Waals surface area (Å²) in [5.74, 6) is -0.0231. The summed E-state index contributed by atoms with van der Waals surface area (Å²) in [7, 11) is 0. The highest BCUT2D eigenvalue weighted by molar-refractivity contribution is 5.99. The van der Waals surface area contributed by atoms with Gasteiger partial charge in [0.1, 0.15) is 11.7 Å². The van der Waals surface area contributed by atoms with Gasteiger partial charge in [0.25, 0.3) is 0 Å². The number of carbonyl (C=O) groups is 3. The van der Waals surface area contributed by atoms with Gasteiger partial charge >= 0.3 is 11.9 Å². The first kappa shape index (κ1) is 25.1. The van der Waals surface area contributed by atoms with Gasteiger partial charge in [-0.25, -0.2) is 4.79 Å². The third-order valence-corrected chi connectivity index (χ3v) is 11.3. The molecule has 1 unspecified atom stereocenters. The summed E-state index contributed by atoms with van der Waals surface area (Å²) in [5.41, 5.74) is 0.608. The minimum atomic E-state index is -0.779. The highest BCUT2D eigenvalue weighted by Gasteiger charge is 2.74. The van der Waals surface area contributed by atoms with Crippen LogP contribution in [-0.4, -0.2) is 46.9 Å². The van der Waals surface area contributed by atoms with Crippen LogP contribution in [0.3, 0.4) is 0 Å². The van der Waals surface area contributed by atoms with Gasteiger partial charge in [0.2, 0.25) is 6.29 Å². The van der Waals surface area contributed by atoms with E-state index < -0.39 is 34.9 Å². The molecule has 0 aromatic carbocycles. The minimum Gasteiger partial charge on any atom is -0.456 e. The van der Waals surface area contributed by atoms with Crippen molar-refractivity contribution in [2.24, 2.45) is 34.5 Å². The predicted octanol–water partition coefficient (Wildman–Crippen LogP) is 4.19. The quantitative estimate of drug-likeness (QED) is 0.439. The number of allylic oxidation sites excluding steroid dienone is 2. The van der Waals surface area contributed by atoms with Crippen LogP contribution < -0.4 is 0 Å². The van der Waals surface area contributed by atoms with Gasteiger partial charge in [0.05, 0.1) is 11.5 Å². The summed E-state index contributed by atoms with van der Waals surface area (Å²) in [6, 6.07) is 0. The summed E-state index contributed by atoms with van der Waals surface area (Å²) in [4.78, 5) is 38.3.